The lowest BCUT2D eigenvalue weighted by molar-refractivity contribution is -0.134. The fourth-order valence-electron chi connectivity index (χ4n) is 10.5. The number of hydrogen-bond acceptors (Lipinski definition) is 11. The van der Waals surface area contributed by atoms with Crippen molar-refractivity contribution < 1.29 is 23.2 Å². The largest absolute Gasteiger partial charge is 0.371 e. The first kappa shape index (κ1) is 41.8. The highest BCUT2D eigenvalue weighted by Crippen LogP contribution is 2.37. The Morgan fingerprint density at radius 3 is 2.48 bits per heavy atom. The molecule has 0 radical (unpaired) electrons. The predicted molar refractivity (Wildman–Crippen MR) is 236 cm³/mol. The molecule has 0 bridgehead atoms. The van der Waals surface area contributed by atoms with Crippen LogP contribution >= 0.6 is 0 Å². The topological polar surface area (TPSA) is 169 Å². The summed E-state index contributed by atoms with van der Waals surface area (Å²) in [5.41, 5.74) is 3.97. The highest BCUT2D eigenvalue weighted by atomic mass is 19.3. The summed E-state index contributed by atoms with van der Waals surface area (Å²) >= 11 is 0. The van der Waals surface area contributed by atoms with E-state index in [2.05, 4.69) is 65.9 Å². The zero-order chi connectivity index (χ0) is 44.2. The monoisotopic (exact) mass is 876 g/mol. The second-order valence-corrected chi connectivity index (χ2v) is 18.2. The Kier molecular flexibility index (Phi) is 11.1. The number of carbonyl (C=O) groups excluding carboxylic acids is 3. The molecule has 2 atom stereocenters. The van der Waals surface area contributed by atoms with Crippen molar-refractivity contribution in [1.29, 1.82) is 0 Å². The molecule has 3 amide bonds. The number of fused-ring (bicyclic) bond motifs is 2. The number of aromatic nitrogens is 9. The van der Waals surface area contributed by atoms with Gasteiger partial charge in [0.15, 0.2) is 11.3 Å². The first-order valence-corrected chi connectivity index (χ1v) is 22.5. The van der Waals surface area contributed by atoms with Crippen LogP contribution in [0.2, 0.25) is 0 Å². The van der Waals surface area contributed by atoms with Crippen molar-refractivity contribution in [2.45, 2.75) is 88.1 Å². The smallest absolute Gasteiger partial charge is 0.284 e. The quantitative estimate of drug-likeness (QED) is 0.156. The van der Waals surface area contributed by atoms with E-state index in [1.807, 2.05) is 37.1 Å². The van der Waals surface area contributed by atoms with Crippen molar-refractivity contribution >= 4 is 51.5 Å². The number of benzene rings is 1. The Labute approximate surface area is 368 Å². The van der Waals surface area contributed by atoms with Crippen LogP contribution in [0.4, 0.5) is 26.0 Å². The summed E-state index contributed by atoms with van der Waals surface area (Å²) in [6.45, 7) is 4.37. The van der Waals surface area contributed by atoms with Gasteiger partial charge in [0.05, 0.1) is 40.7 Å². The van der Waals surface area contributed by atoms with E-state index >= 15 is 0 Å². The van der Waals surface area contributed by atoms with Gasteiger partial charge in [-0.1, -0.05) is 0 Å². The standard InChI is InChI=1S/C45H54F2N14O3/c1-55(29-13-19-58(20-14-29)31-8-9-32-37(22-31)57(3)53-40(32)33-10-11-39(62)51-44(33)63)24-27-4-6-30(7-5-27)61-26-36(41(54-61)42(46)47)49-45(64)34-23-48-60-21-16-38(50-43(34)60)59-18-12-28(25-59)35-15-17-56(2)52-35/h8-9,15-17,21-23,26-30,33,42H,4-7,10-14,18-20,24-25H2,1-3H3,(H,49,64)(H,51,62,63)/t27?,28-,30?,33?/m0/s1. The van der Waals surface area contributed by atoms with Crippen molar-refractivity contribution in [2.24, 2.45) is 20.0 Å². The number of rotatable bonds is 11. The lowest BCUT2D eigenvalue weighted by Gasteiger charge is -2.40. The predicted octanol–water partition coefficient (Wildman–Crippen LogP) is 5.58. The van der Waals surface area contributed by atoms with E-state index in [0.29, 0.717) is 30.4 Å². The molecule has 10 rings (SSSR count). The van der Waals surface area contributed by atoms with Crippen molar-refractivity contribution in [3.63, 3.8) is 0 Å². The normalized spacial score (nSPS) is 22.4. The Morgan fingerprint density at radius 2 is 1.73 bits per heavy atom. The van der Waals surface area contributed by atoms with Gasteiger partial charge in [-0.2, -0.15) is 20.4 Å². The van der Waals surface area contributed by atoms with E-state index in [0.717, 1.165) is 111 Å². The minimum atomic E-state index is -2.86. The molecule has 1 saturated carbocycles. The molecule has 336 valence electrons. The van der Waals surface area contributed by atoms with E-state index in [1.165, 1.54) is 10.7 Å². The number of alkyl halides is 2. The number of anilines is 3. The number of amides is 3. The molecule has 19 heteroatoms. The van der Waals surface area contributed by atoms with Crippen molar-refractivity contribution in [3.8, 4) is 0 Å². The van der Waals surface area contributed by atoms with Gasteiger partial charge in [0.1, 0.15) is 11.4 Å². The number of nitrogens with zero attached hydrogens (tertiary/aromatic N) is 12. The number of hydrogen-bond donors (Lipinski definition) is 2. The van der Waals surface area contributed by atoms with E-state index in [4.69, 9.17) is 10.1 Å². The molecule has 1 unspecified atom stereocenters. The third kappa shape index (κ3) is 8.09. The maximum absolute atomic E-state index is 14.4. The lowest BCUT2D eigenvalue weighted by Crippen LogP contribution is -2.45. The number of halogens is 2. The fraction of sp³-hybridized carbons (Fsp3) is 0.511. The minimum Gasteiger partial charge on any atom is -0.371 e. The first-order valence-electron chi connectivity index (χ1n) is 22.5. The third-order valence-electron chi connectivity index (χ3n) is 14.1. The summed E-state index contributed by atoms with van der Waals surface area (Å²) in [6, 6.07) is 10.7. The lowest BCUT2D eigenvalue weighted by atomic mass is 9.85. The average Bonchev–Trinajstić information content (AvgIpc) is 4.15. The Hall–Kier alpha value is -6.24. The maximum atomic E-state index is 14.4. The second-order valence-electron chi connectivity index (χ2n) is 18.2. The molecule has 3 saturated heterocycles. The zero-order valence-corrected chi connectivity index (χ0v) is 36.4. The van der Waals surface area contributed by atoms with Gasteiger partial charge in [-0.3, -0.25) is 33.7 Å². The van der Waals surface area contributed by atoms with Crippen LogP contribution in [0.25, 0.3) is 16.6 Å². The van der Waals surface area contributed by atoms with E-state index in [-0.39, 0.29) is 35.0 Å². The molecule has 5 aromatic heterocycles. The zero-order valence-electron chi connectivity index (χ0n) is 36.4. The van der Waals surface area contributed by atoms with Crippen LogP contribution in [0.5, 0.6) is 0 Å². The Balaban J connectivity index is 0.725. The third-order valence-corrected chi connectivity index (χ3v) is 14.1. The number of aryl methyl sites for hydroxylation is 2. The van der Waals surface area contributed by atoms with Crippen molar-refractivity contribution in [3.05, 3.63) is 77.8 Å². The SMILES string of the molecule is CN(CC1CCC(n2cc(NC(=O)c3cnn4ccc(N5CC[C@H](c6ccn(C)n6)C5)nc34)c(C(F)F)n2)CC1)C1CCN(c2ccc3c(C4CCC(=O)NC4=O)nn(C)c3c2)CC1. The molecule has 6 aromatic rings. The Morgan fingerprint density at radius 1 is 0.938 bits per heavy atom. The highest BCUT2D eigenvalue weighted by Gasteiger charge is 2.34. The molecule has 0 spiro atoms. The number of piperidine rings is 2. The second kappa shape index (κ2) is 17.0. The van der Waals surface area contributed by atoms with Crippen LogP contribution in [0.1, 0.15) is 110 Å². The Bertz CT molecular complexity index is 2710. The summed E-state index contributed by atoms with van der Waals surface area (Å²) < 4.78 is 35.6. The van der Waals surface area contributed by atoms with Crippen LogP contribution in [0, 0.1) is 5.92 Å². The van der Waals surface area contributed by atoms with Crippen LogP contribution in [-0.4, -0.2) is 112 Å². The molecule has 4 fully saturated rings. The molecular formula is C45H54F2N14O3. The summed E-state index contributed by atoms with van der Waals surface area (Å²) in [5.74, 6) is -0.0244. The van der Waals surface area contributed by atoms with Crippen LogP contribution in [-0.2, 0) is 23.7 Å². The number of imide groups is 1. The molecular weight excluding hydrogens is 823 g/mol. The summed E-state index contributed by atoms with van der Waals surface area (Å²) in [6.07, 6.45) is 11.2. The van der Waals surface area contributed by atoms with Gasteiger partial charge in [0, 0.05) is 94.9 Å². The molecule has 2 N–H and O–H groups in total. The molecule has 64 heavy (non-hydrogen) atoms. The minimum absolute atomic E-state index is 0.00123. The molecule has 1 aliphatic carbocycles. The fourth-order valence-corrected chi connectivity index (χ4v) is 10.5. The van der Waals surface area contributed by atoms with Gasteiger partial charge in [-0.25, -0.2) is 18.3 Å². The van der Waals surface area contributed by atoms with Gasteiger partial charge < -0.3 is 20.0 Å². The summed E-state index contributed by atoms with van der Waals surface area (Å²) in [5, 5.41) is 24.1. The molecule has 3 aliphatic heterocycles. The van der Waals surface area contributed by atoms with E-state index in [9.17, 15) is 23.2 Å². The number of carbonyl (C=O) groups is 3. The highest BCUT2D eigenvalue weighted by molar-refractivity contribution is 6.08. The van der Waals surface area contributed by atoms with E-state index in [1.54, 1.807) is 21.8 Å². The van der Waals surface area contributed by atoms with Gasteiger partial charge in [-0.15, -0.1) is 0 Å². The molecule has 1 aromatic carbocycles. The van der Waals surface area contributed by atoms with E-state index < -0.39 is 23.9 Å². The van der Waals surface area contributed by atoms with Gasteiger partial charge in [0.2, 0.25) is 11.8 Å². The molecule has 17 nitrogen and oxygen atoms in total. The van der Waals surface area contributed by atoms with Gasteiger partial charge in [-0.05, 0) is 94.7 Å². The van der Waals surface area contributed by atoms with Crippen LogP contribution < -0.4 is 20.4 Å². The molecule has 4 aliphatic rings. The van der Waals surface area contributed by atoms with Gasteiger partial charge >= 0.3 is 0 Å². The summed E-state index contributed by atoms with van der Waals surface area (Å²) in [7, 11) is 6.02. The summed E-state index contributed by atoms with van der Waals surface area (Å²) in [4.78, 5) is 49.9. The van der Waals surface area contributed by atoms with Crippen molar-refractivity contribution in [1.82, 2.24) is 54.2 Å². The van der Waals surface area contributed by atoms with Crippen molar-refractivity contribution in [2.75, 3.05) is 54.9 Å². The van der Waals surface area contributed by atoms with Crippen LogP contribution in [0.3, 0.4) is 0 Å². The van der Waals surface area contributed by atoms with Crippen LogP contribution in [0.15, 0.2) is 55.1 Å². The maximum Gasteiger partial charge on any atom is 0.284 e. The van der Waals surface area contributed by atoms with Gasteiger partial charge in [0.25, 0.3) is 12.3 Å². The average molecular weight is 877 g/mol. The molecule has 8 heterocycles. The first-order chi connectivity index (χ1) is 30.9. The number of nitrogens with one attached hydrogen (secondary N) is 2.